The molecule has 0 aromatic heterocycles. The number of rotatable bonds is 14. The fraction of sp³-hybridized carbons (Fsp3) is 0.323. The van der Waals surface area contributed by atoms with Gasteiger partial charge in [-0.25, -0.2) is 4.79 Å². The molecular formula is C31H36N2O5. The van der Waals surface area contributed by atoms with Crippen LogP contribution in [-0.2, 0) is 4.74 Å². The second kappa shape index (κ2) is 14.0. The van der Waals surface area contributed by atoms with Crippen LogP contribution in [-0.4, -0.2) is 25.1 Å². The second-order valence-corrected chi connectivity index (χ2v) is 9.25. The maximum absolute atomic E-state index is 11.9. The average molecular weight is 517 g/mol. The number of nitro groups is 1. The SMILES string of the molecule is C=C(c1ccc(C(=O)OC)cc1)C(CCCCCC)C(Nc1ccc(OC)cc1)c1cccc([N+](=O)[O-])c1. The summed E-state index contributed by atoms with van der Waals surface area (Å²) in [6.45, 7) is 6.66. The molecule has 3 aromatic rings. The number of benzene rings is 3. The molecule has 0 bridgehead atoms. The van der Waals surface area contributed by atoms with Crippen LogP contribution in [0, 0.1) is 16.0 Å². The number of nitrogens with zero attached hydrogens (tertiary/aromatic N) is 1. The predicted octanol–water partition coefficient (Wildman–Crippen LogP) is 7.84. The highest BCUT2D eigenvalue weighted by molar-refractivity contribution is 5.89. The Kier molecular flexibility index (Phi) is 10.5. The van der Waals surface area contributed by atoms with Crippen molar-refractivity contribution < 1.29 is 19.2 Å². The van der Waals surface area contributed by atoms with E-state index in [2.05, 4.69) is 18.8 Å². The third-order valence-corrected chi connectivity index (χ3v) is 6.75. The normalized spacial score (nSPS) is 12.3. The van der Waals surface area contributed by atoms with E-state index >= 15 is 0 Å². The lowest BCUT2D eigenvalue weighted by atomic mass is 9.80. The van der Waals surface area contributed by atoms with Crippen LogP contribution in [0.3, 0.4) is 0 Å². The highest BCUT2D eigenvalue weighted by Crippen LogP contribution is 2.40. The summed E-state index contributed by atoms with van der Waals surface area (Å²) in [6.07, 6.45) is 5.19. The molecule has 1 N–H and O–H groups in total. The number of carbonyl (C=O) groups is 1. The van der Waals surface area contributed by atoms with Crippen LogP contribution in [0.1, 0.15) is 66.6 Å². The number of unbranched alkanes of at least 4 members (excludes halogenated alkanes) is 3. The van der Waals surface area contributed by atoms with Crippen molar-refractivity contribution in [1.82, 2.24) is 0 Å². The highest BCUT2D eigenvalue weighted by Gasteiger charge is 2.28. The Morgan fingerprint density at radius 3 is 2.26 bits per heavy atom. The monoisotopic (exact) mass is 516 g/mol. The Morgan fingerprint density at radius 1 is 0.974 bits per heavy atom. The lowest BCUT2D eigenvalue weighted by Crippen LogP contribution is -2.22. The minimum atomic E-state index is -0.395. The molecule has 0 amide bonds. The van der Waals surface area contributed by atoms with Crippen molar-refractivity contribution in [3.05, 3.63) is 106 Å². The quantitative estimate of drug-likeness (QED) is 0.102. The lowest BCUT2D eigenvalue weighted by Gasteiger charge is -2.31. The Balaban J connectivity index is 2.04. The van der Waals surface area contributed by atoms with Crippen molar-refractivity contribution in [2.75, 3.05) is 19.5 Å². The van der Waals surface area contributed by atoms with Gasteiger partial charge in [0.25, 0.3) is 5.69 Å². The average Bonchev–Trinajstić information content (AvgIpc) is 2.96. The van der Waals surface area contributed by atoms with E-state index in [9.17, 15) is 14.9 Å². The van der Waals surface area contributed by atoms with E-state index in [1.807, 2.05) is 42.5 Å². The third kappa shape index (κ3) is 7.44. The van der Waals surface area contributed by atoms with Crippen LogP contribution >= 0.6 is 0 Å². The van der Waals surface area contributed by atoms with Crippen LogP contribution in [0.5, 0.6) is 5.75 Å². The van der Waals surface area contributed by atoms with E-state index in [-0.39, 0.29) is 22.6 Å². The first-order valence-electron chi connectivity index (χ1n) is 12.9. The second-order valence-electron chi connectivity index (χ2n) is 9.25. The number of anilines is 1. The van der Waals surface area contributed by atoms with Crippen molar-refractivity contribution in [3.63, 3.8) is 0 Å². The number of nitro benzene ring substituents is 1. The lowest BCUT2D eigenvalue weighted by molar-refractivity contribution is -0.384. The molecule has 7 heteroatoms. The molecule has 0 fully saturated rings. The fourth-order valence-corrected chi connectivity index (χ4v) is 4.60. The van der Waals surface area contributed by atoms with E-state index in [1.54, 1.807) is 31.4 Å². The van der Waals surface area contributed by atoms with Gasteiger partial charge in [0.15, 0.2) is 0 Å². The number of methoxy groups -OCH3 is 2. The molecule has 2 atom stereocenters. The van der Waals surface area contributed by atoms with E-state index in [0.717, 1.165) is 60.2 Å². The number of hydrogen-bond donors (Lipinski definition) is 1. The number of hydrogen-bond acceptors (Lipinski definition) is 6. The first kappa shape index (κ1) is 28.4. The first-order valence-corrected chi connectivity index (χ1v) is 12.9. The zero-order valence-electron chi connectivity index (χ0n) is 22.3. The van der Waals surface area contributed by atoms with Gasteiger partial charge in [-0.1, -0.05) is 63.5 Å². The summed E-state index contributed by atoms with van der Waals surface area (Å²) < 4.78 is 10.1. The minimum Gasteiger partial charge on any atom is -0.497 e. The summed E-state index contributed by atoms with van der Waals surface area (Å²) in [5.41, 5.74) is 4.00. The molecule has 2 unspecified atom stereocenters. The van der Waals surface area contributed by atoms with Gasteiger partial charge in [-0.05, 0) is 59.5 Å². The van der Waals surface area contributed by atoms with E-state index < -0.39 is 5.97 Å². The predicted molar refractivity (Wildman–Crippen MR) is 152 cm³/mol. The maximum atomic E-state index is 11.9. The molecule has 0 radical (unpaired) electrons. The van der Waals surface area contributed by atoms with Gasteiger partial charge in [0, 0.05) is 23.7 Å². The molecule has 7 nitrogen and oxygen atoms in total. The van der Waals surface area contributed by atoms with Gasteiger partial charge < -0.3 is 14.8 Å². The van der Waals surface area contributed by atoms with E-state index in [4.69, 9.17) is 9.47 Å². The van der Waals surface area contributed by atoms with Gasteiger partial charge in [-0.2, -0.15) is 0 Å². The van der Waals surface area contributed by atoms with Crippen molar-refractivity contribution in [1.29, 1.82) is 0 Å². The van der Waals surface area contributed by atoms with Crippen molar-refractivity contribution in [2.45, 2.75) is 45.1 Å². The molecule has 0 saturated heterocycles. The van der Waals surface area contributed by atoms with Crippen LogP contribution < -0.4 is 10.1 Å². The summed E-state index contributed by atoms with van der Waals surface area (Å²) in [7, 11) is 2.98. The molecule has 0 aliphatic carbocycles. The number of carbonyl (C=O) groups excluding carboxylic acids is 1. The van der Waals surface area contributed by atoms with Crippen LogP contribution in [0.25, 0.3) is 5.57 Å². The third-order valence-electron chi connectivity index (χ3n) is 6.75. The molecule has 0 heterocycles. The van der Waals surface area contributed by atoms with Gasteiger partial charge in [-0.15, -0.1) is 0 Å². The fourth-order valence-electron chi connectivity index (χ4n) is 4.60. The van der Waals surface area contributed by atoms with E-state index in [0.29, 0.717) is 5.56 Å². The molecule has 0 aliphatic rings. The topological polar surface area (TPSA) is 90.7 Å². The molecule has 0 saturated carbocycles. The molecule has 3 aromatic carbocycles. The molecular weight excluding hydrogens is 480 g/mol. The largest absolute Gasteiger partial charge is 0.497 e. The van der Waals surface area contributed by atoms with E-state index in [1.165, 1.54) is 13.2 Å². The Hall–Kier alpha value is -4.13. The smallest absolute Gasteiger partial charge is 0.337 e. The Bertz CT molecular complexity index is 1220. The van der Waals surface area contributed by atoms with Gasteiger partial charge in [0.05, 0.1) is 30.7 Å². The number of esters is 1. The van der Waals surface area contributed by atoms with Gasteiger partial charge in [0.2, 0.25) is 0 Å². The Morgan fingerprint density at radius 2 is 1.66 bits per heavy atom. The molecule has 0 spiro atoms. The summed E-state index contributed by atoms with van der Waals surface area (Å²) in [5, 5.41) is 15.2. The zero-order chi connectivity index (χ0) is 27.5. The summed E-state index contributed by atoms with van der Waals surface area (Å²) in [4.78, 5) is 23.2. The number of non-ortho nitro benzene ring substituents is 1. The van der Waals surface area contributed by atoms with Gasteiger partial charge in [-0.3, -0.25) is 10.1 Å². The van der Waals surface area contributed by atoms with Crippen LogP contribution in [0.2, 0.25) is 0 Å². The highest BCUT2D eigenvalue weighted by atomic mass is 16.6. The number of ether oxygens (including phenoxy) is 2. The van der Waals surface area contributed by atoms with Gasteiger partial charge >= 0.3 is 5.97 Å². The Labute approximate surface area is 224 Å². The number of nitrogens with one attached hydrogen (secondary N) is 1. The van der Waals surface area contributed by atoms with Crippen LogP contribution in [0.15, 0.2) is 79.4 Å². The first-order chi connectivity index (χ1) is 18.4. The zero-order valence-corrected chi connectivity index (χ0v) is 22.3. The summed E-state index contributed by atoms with van der Waals surface area (Å²) >= 11 is 0. The standard InChI is InChI=1S/C31H36N2O5/c1-5-6-7-8-12-29(22(2)23-13-15-24(16-14-23)31(34)38-4)30(25-10-9-11-27(21-25)33(35)36)32-26-17-19-28(37-3)20-18-26/h9-11,13-21,29-30,32H,2,5-8,12H2,1,3-4H3. The van der Waals surface area contributed by atoms with Crippen LogP contribution in [0.4, 0.5) is 11.4 Å². The van der Waals surface area contributed by atoms with Crippen molar-refractivity contribution in [3.8, 4) is 5.75 Å². The van der Waals surface area contributed by atoms with Crippen molar-refractivity contribution >= 4 is 22.9 Å². The minimum absolute atomic E-state index is 0.0433. The molecule has 3 rings (SSSR count). The molecule has 200 valence electrons. The molecule has 0 aliphatic heterocycles. The summed E-state index contributed by atoms with van der Waals surface area (Å²) in [5.74, 6) is 0.280. The maximum Gasteiger partial charge on any atom is 0.337 e. The van der Waals surface area contributed by atoms with Gasteiger partial charge in [0.1, 0.15) is 5.75 Å². The summed E-state index contributed by atoms with van der Waals surface area (Å²) in [6, 6.07) is 21.4. The molecule has 38 heavy (non-hydrogen) atoms. The van der Waals surface area contributed by atoms with Crippen molar-refractivity contribution in [2.24, 2.45) is 5.92 Å².